The van der Waals surface area contributed by atoms with Crippen LogP contribution >= 0.6 is 0 Å². The molecular formula is C25H32FNO2. The van der Waals surface area contributed by atoms with Gasteiger partial charge in [-0.3, -0.25) is 4.79 Å². The largest absolute Gasteiger partial charge is 0.494 e. The first kappa shape index (κ1) is 16.6. The van der Waals surface area contributed by atoms with Crippen molar-refractivity contribution in [3.63, 3.8) is 0 Å². The van der Waals surface area contributed by atoms with Crippen LogP contribution in [0.5, 0.6) is 5.75 Å². The zero-order valence-electron chi connectivity index (χ0n) is 20.9. The lowest BCUT2D eigenvalue weighted by molar-refractivity contribution is 0.103. The van der Waals surface area contributed by atoms with Gasteiger partial charge >= 0.3 is 0 Å². The number of likely N-dealkylation sites (tertiary alicyclic amines) is 1. The van der Waals surface area contributed by atoms with Crippen LogP contribution < -0.4 is 4.74 Å². The number of ether oxygens (including phenoxy) is 1. The van der Waals surface area contributed by atoms with E-state index in [0.717, 1.165) is 31.4 Å². The second-order valence-corrected chi connectivity index (χ2v) is 7.54. The Morgan fingerprint density at radius 3 is 2.17 bits per heavy atom. The Bertz CT molecular complexity index is 917. The van der Waals surface area contributed by atoms with Crippen molar-refractivity contribution in [3.8, 4) is 5.75 Å². The van der Waals surface area contributed by atoms with Crippen LogP contribution in [0.25, 0.3) is 0 Å². The van der Waals surface area contributed by atoms with Crippen molar-refractivity contribution in [1.29, 1.82) is 0 Å². The Hall–Kier alpha value is -2.20. The van der Waals surface area contributed by atoms with Gasteiger partial charge in [0.15, 0.2) is 5.78 Å². The predicted molar refractivity (Wildman–Crippen MR) is 115 cm³/mol. The third-order valence-electron chi connectivity index (χ3n) is 5.22. The first-order valence-electron chi connectivity index (χ1n) is 12.6. The Morgan fingerprint density at radius 2 is 1.48 bits per heavy atom. The van der Waals surface area contributed by atoms with Crippen LogP contribution in [0.15, 0.2) is 48.4 Å². The maximum Gasteiger partial charge on any atom is 0.193 e. The van der Waals surface area contributed by atoms with Gasteiger partial charge < -0.3 is 9.64 Å². The Kier molecular flexibility index (Phi) is 6.70. The summed E-state index contributed by atoms with van der Waals surface area (Å²) in [6, 6.07) is 3.18. The summed E-state index contributed by atoms with van der Waals surface area (Å²) in [5.74, 6) is -1.22. The van der Waals surface area contributed by atoms with E-state index in [9.17, 15) is 9.18 Å². The van der Waals surface area contributed by atoms with Gasteiger partial charge in [0.1, 0.15) is 11.6 Å². The van der Waals surface area contributed by atoms with Gasteiger partial charge in [0.25, 0.3) is 0 Å². The van der Waals surface area contributed by atoms with Crippen molar-refractivity contribution in [2.24, 2.45) is 0 Å². The van der Waals surface area contributed by atoms with Gasteiger partial charge in [0.2, 0.25) is 0 Å². The topological polar surface area (TPSA) is 29.5 Å². The van der Waals surface area contributed by atoms with E-state index in [1.807, 2.05) is 0 Å². The number of rotatable bonds is 11. The van der Waals surface area contributed by atoms with Crippen LogP contribution in [-0.2, 0) is 0 Å². The Labute approximate surface area is 179 Å². The highest BCUT2D eigenvalue weighted by molar-refractivity contribution is 6.08. The molecule has 0 saturated carbocycles. The Morgan fingerprint density at radius 1 is 0.897 bits per heavy atom. The van der Waals surface area contributed by atoms with Crippen molar-refractivity contribution < 1.29 is 19.4 Å². The molecule has 3 nitrogen and oxygen atoms in total. The summed E-state index contributed by atoms with van der Waals surface area (Å²) in [5.41, 5.74) is -0.531. The average Bonchev–Trinajstić information content (AvgIpc) is 2.75. The van der Waals surface area contributed by atoms with Crippen molar-refractivity contribution in [2.75, 3.05) is 26.2 Å². The highest BCUT2D eigenvalue weighted by Crippen LogP contribution is 2.17. The average molecular weight is 406 g/mol. The molecule has 0 aromatic heterocycles. The first-order valence-corrected chi connectivity index (χ1v) is 10.6. The lowest BCUT2D eigenvalue weighted by Crippen LogP contribution is -2.30. The number of hydrogen-bond acceptors (Lipinski definition) is 3. The zero-order valence-corrected chi connectivity index (χ0v) is 16.9. The molecule has 0 radical (unpaired) electrons. The van der Waals surface area contributed by atoms with Crippen molar-refractivity contribution in [2.45, 2.75) is 51.4 Å². The summed E-state index contributed by atoms with van der Waals surface area (Å²) in [6.45, 7) is 4.16. The third kappa shape index (κ3) is 7.28. The lowest BCUT2D eigenvalue weighted by Gasteiger charge is -2.26. The maximum absolute atomic E-state index is 13.4. The molecule has 0 aliphatic carbocycles. The number of unbranched alkanes of at least 4 members (excludes halogenated alkanes) is 4. The second kappa shape index (κ2) is 11.7. The smallest absolute Gasteiger partial charge is 0.193 e. The molecule has 0 unspecified atom stereocenters. The second-order valence-electron chi connectivity index (χ2n) is 7.54. The normalized spacial score (nSPS) is 16.6. The molecule has 1 saturated heterocycles. The van der Waals surface area contributed by atoms with Crippen LogP contribution in [-0.4, -0.2) is 36.9 Å². The summed E-state index contributed by atoms with van der Waals surface area (Å²) in [6.07, 6.45) is 9.55. The molecular weight excluding hydrogens is 365 g/mol. The molecule has 1 heterocycles. The number of halogens is 1. The van der Waals surface area contributed by atoms with Crippen LogP contribution in [0.3, 0.4) is 0 Å². The fourth-order valence-corrected chi connectivity index (χ4v) is 3.55. The van der Waals surface area contributed by atoms with E-state index in [1.165, 1.54) is 63.9 Å². The van der Waals surface area contributed by atoms with E-state index in [2.05, 4.69) is 4.90 Å². The van der Waals surface area contributed by atoms with E-state index in [-0.39, 0.29) is 23.2 Å². The predicted octanol–water partition coefficient (Wildman–Crippen LogP) is 5.87. The maximum atomic E-state index is 13.4. The molecule has 0 bridgehead atoms. The van der Waals surface area contributed by atoms with E-state index >= 15 is 0 Å². The molecule has 0 spiro atoms. The molecule has 29 heavy (non-hydrogen) atoms. The van der Waals surface area contributed by atoms with Gasteiger partial charge in [-0.05, 0) is 93.8 Å². The van der Waals surface area contributed by atoms with Gasteiger partial charge in [-0.15, -0.1) is 0 Å². The lowest BCUT2D eigenvalue weighted by atomic mass is 10.0. The molecule has 3 rings (SSSR count). The van der Waals surface area contributed by atoms with Crippen molar-refractivity contribution >= 4 is 5.78 Å². The van der Waals surface area contributed by atoms with Gasteiger partial charge in [-0.25, -0.2) is 4.39 Å². The number of hydrogen-bond donors (Lipinski definition) is 0. The number of carbonyl (C=O) groups is 1. The molecule has 0 amide bonds. The van der Waals surface area contributed by atoms with Gasteiger partial charge in [0, 0.05) is 11.1 Å². The van der Waals surface area contributed by atoms with Crippen molar-refractivity contribution in [3.05, 3.63) is 65.4 Å². The summed E-state index contributed by atoms with van der Waals surface area (Å²) in [5, 5.41) is 0. The minimum absolute atomic E-state index is 0.205. The fourth-order valence-electron chi connectivity index (χ4n) is 3.55. The molecule has 2 aromatic rings. The summed E-state index contributed by atoms with van der Waals surface area (Å²) in [4.78, 5) is 15.4. The van der Waals surface area contributed by atoms with Crippen LogP contribution in [0.4, 0.5) is 4.39 Å². The van der Waals surface area contributed by atoms with Crippen molar-refractivity contribution in [1.82, 2.24) is 4.90 Å². The fraction of sp³-hybridized carbons (Fsp3) is 0.480. The first-order chi connectivity index (χ1) is 15.9. The van der Waals surface area contributed by atoms with E-state index in [4.69, 9.17) is 10.2 Å². The molecule has 0 N–H and O–H groups in total. The van der Waals surface area contributed by atoms with Gasteiger partial charge in [0.05, 0.1) is 12.1 Å². The summed E-state index contributed by atoms with van der Waals surface area (Å²) >= 11 is 0. The highest BCUT2D eigenvalue weighted by atomic mass is 19.1. The van der Waals surface area contributed by atoms with Crippen LogP contribution in [0, 0.1) is 5.82 Å². The third-order valence-corrected chi connectivity index (χ3v) is 5.22. The molecule has 156 valence electrons. The van der Waals surface area contributed by atoms with Crippen LogP contribution in [0.1, 0.15) is 72.8 Å². The monoisotopic (exact) mass is 405 g/mol. The van der Waals surface area contributed by atoms with Crippen LogP contribution in [0.2, 0.25) is 0 Å². The summed E-state index contributed by atoms with van der Waals surface area (Å²) < 4.78 is 51.0. The highest BCUT2D eigenvalue weighted by Gasteiger charge is 2.10. The molecule has 1 aliphatic heterocycles. The molecule has 0 atom stereocenters. The molecule has 2 aromatic carbocycles. The molecule has 4 heteroatoms. The number of benzene rings is 2. The minimum atomic E-state index is -0.795. The zero-order chi connectivity index (χ0) is 23.8. The van der Waals surface area contributed by atoms with Gasteiger partial charge in [-0.2, -0.15) is 0 Å². The van der Waals surface area contributed by atoms with Gasteiger partial charge in [-0.1, -0.05) is 25.7 Å². The molecule has 1 fully saturated rings. The number of nitrogens with zero attached hydrogens (tertiary/aromatic N) is 1. The number of carbonyl (C=O) groups excluding carboxylic acids is 1. The Balaban J connectivity index is 1.46. The van der Waals surface area contributed by atoms with E-state index in [1.54, 1.807) is 0 Å². The molecule has 1 aliphatic rings. The number of piperidine rings is 1. The van der Waals surface area contributed by atoms with E-state index < -0.39 is 23.7 Å². The van der Waals surface area contributed by atoms with E-state index in [0.29, 0.717) is 12.4 Å². The quantitative estimate of drug-likeness (QED) is 0.346. The number of ketones is 1. The summed E-state index contributed by atoms with van der Waals surface area (Å²) in [7, 11) is 0. The SMILES string of the molecule is [3H]c1cc(F)cc([3H])c1C(=O)c1c([3H])cc(OCCCCCCCN2CCCCC2)cc1[3H]. The standard InChI is InChI=1S/C25H32FNO2/c26-23-13-9-21(10-14-23)25(28)22-11-15-24(16-12-22)29-20-8-3-1-2-5-17-27-18-6-4-7-19-27/h9-16H,1-8,17-20H2/i9T,10T,11T,12T. The minimum Gasteiger partial charge on any atom is -0.494 e.